The van der Waals surface area contributed by atoms with Gasteiger partial charge in [-0.25, -0.2) is 13.4 Å². The number of piperidine rings is 1. The molecule has 30 heavy (non-hydrogen) atoms. The summed E-state index contributed by atoms with van der Waals surface area (Å²) >= 11 is 5.95. The quantitative estimate of drug-likeness (QED) is 0.615. The van der Waals surface area contributed by atoms with E-state index in [-0.39, 0.29) is 22.6 Å². The number of nitrogens with zero attached hydrogens (tertiary/aromatic N) is 3. The highest BCUT2D eigenvalue weighted by molar-refractivity contribution is 7.89. The predicted octanol–water partition coefficient (Wildman–Crippen LogP) is 2.93. The maximum absolute atomic E-state index is 12.8. The molecule has 0 saturated carbocycles. The van der Waals surface area contributed by atoms with E-state index in [9.17, 15) is 8.42 Å². The minimum Gasteiger partial charge on any atom is -0.492 e. The van der Waals surface area contributed by atoms with Crippen LogP contribution in [-0.4, -0.2) is 42.4 Å². The largest absolute Gasteiger partial charge is 0.492 e. The fraction of sp³-hybridized carbons (Fsp3) is 0.300. The number of hydrogen-bond donors (Lipinski definition) is 2. The normalized spacial score (nSPS) is 16.0. The van der Waals surface area contributed by atoms with Gasteiger partial charge in [-0.3, -0.25) is 0 Å². The first-order valence-electron chi connectivity index (χ1n) is 9.55. The molecule has 1 saturated heterocycles. The van der Waals surface area contributed by atoms with Crippen LogP contribution in [0.3, 0.4) is 0 Å². The molecule has 0 spiro atoms. The molecule has 0 bridgehead atoms. The van der Waals surface area contributed by atoms with Crippen LogP contribution in [0.1, 0.15) is 12.8 Å². The molecule has 4 N–H and O–H groups in total. The van der Waals surface area contributed by atoms with Gasteiger partial charge in [0.1, 0.15) is 11.6 Å². The lowest BCUT2D eigenvalue weighted by molar-refractivity contribution is 0.186. The Morgan fingerprint density at radius 1 is 1.10 bits per heavy atom. The summed E-state index contributed by atoms with van der Waals surface area (Å²) in [5.74, 6) is 1.21. The summed E-state index contributed by atoms with van der Waals surface area (Å²) in [6.07, 6.45) is 1.40. The van der Waals surface area contributed by atoms with E-state index in [2.05, 4.69) is 9.97 Å². The number of hydrogen-bond acceptors (Lipinski definition) is 7. The van der Waals surface area contributed by atoms with E-state index >= 15 is 0 Å². The molecule has 0 radical (unpaired) electrons. The first-order chi connectivity index (χ1) is 14.3. The number of fused-ring (bicyclic) bond motifs is 1. The zero-order chi connectivity index (χ0) is 21.3. The summed E-state index contributed by atoms with van der Waals surface area (Å²) in [4.78, 5) is 8.42. The molecule has 0 atom stereocenters. The molecule has 158 valence electrons. The Balaban J connectivity index is 1.41. The van der Waals surface area contributed by atoms with Crippen molar-refractivity contribution in [3.05, 3.63) is 47.5 Å². The molecule has 4 rings (SSSR count). The Bertz CT molecular complexity index is 1180. The molecular weight excluding hydrogens is 426 g/mol. The van der Waals surface area contributed by atoms with E-state index < -0.39 is 10.0 Å². The van der Waals surface area contributed by atoms with Gasteiger partial charge in [-0.05, 0) is 49.1 Å². The minimum absolute atomic E-state index is 0.116. The first-order valence-corrected chi connectivity index (χ1v) is 11.4. The minimum atomic E-state index is -3.55. The average molecular weight is 448 g/mol. The molecular formula is C20H22ClN5O3S. The monoisotopic (exact) mass is 447 g/mol. The van der Waals surface area contributed by atoms with Gasteiger partial charge in [0.25, 0.3) is 0 Å². The molecule has 2 heterocycles. The zero-order valence-electron chi connectivity index (χ0n) is 16.2. The van der Waals surface area contributed by atoms with E-state index in [1.165, 1.54) is 10.4 Å². The third-order valence-electron chi connectivity index (χ3n) is 5.21. The smallest absolute Gasteiger partial charge is 0.243 e. The molecule has 10 heteroatoms. The number of ether oxygens (including phenoxy) is 1. The van der Waals surface area contributed by atoms with Gasteiger partial charge in [0.15, 0.2) is 0 Å². The average Bonchev–Trinajstić information content (AvgIpc) is 2.72. The van der Waals surface area contributed by atoms with Crippen LogP contribution < -0.4 is 16.2 Å². The van der Waals surface area contributed by atoms with Gasteiger partial charge >= 0.3 is 0 Å². The highest BCUT2D eigenvalue weighted by atomic mass is 35.5. The van der Waals surface area contributed by atoms with Crippen molar-refractivity contribution in [2.24, 2.45) is 5.92 Å². The number of halogens is 1. The lowest BCUT2D eigenvalue weighted by Gasteiger charge is -2.31. The van der Waals surface area contributed by atoms with Gasteiger partial charge in [0.05, 0.1) is 22.4 Å². The molecule has 1 aromatic heterocycles. The first kappa shape index (κ1) is 20.6. The second kappa shape index (κ2) is 8.25. The topological polar surface area (TPSA) is 124 Å². The van der Waals surface area contributed by atoms with Gasteiger partial charge in [-0.15, -0.1) is 0 Å². The van der Waals surface area contributed by atoms with Crippen LogP contribution in [0.2, 0.25) is 5.02 Å². The number of sulfonamides is 1. The van der Waals surface area contributed by atoms with Crippen molar-refractivity contribution in [3.8, 4) is 5.75 Å². The molecule has 1 aliphatic rings. The molecule has 3 aromatic rings. The van der Waals surface area contributed by atoms with Gasteiger partial charge in [-0.1, -0.05) is 23.7 Å². The van der Waals surface area contributed by atoms with Crippen LogP contribution in [0, 0.1) is 5.92 Å². The van der Waals surface area contributed by atoms with Crippen molar-refractivity contribution < 1.29 is 13.2 Å². The maximum Gasteiger partial charge on any atom is 0.243 e. The number of nitrogens with two attached hydrogens (primary N) is 2. The Morgan fingerprint density at radius 2 is 1.83 bits per heavy atom. The zero-order valence-corrected chi connectivity index (χ0v) is 17.7. The van der Waals surface area contributed by atoms with Crippen LogP contribution in [-0.2, 0) is 10.0 Å². The molecule has 2 aromatic carbocycles. The Labute approximate surface area is 179 Å². The highest BCUT2D eigenvalue weighted by Gasteiger charge is 2.30. The van der Waals surface area contributed by atoms with Crippen molar-refractivity contribution in [2.45, 2.75) is 17.7 Å². The molecule has 0 aliphatic carbocycles. The van der Waals surface area contributed by atoms with Crippen molar-refractivity contribution in [2.75, 3.05) is 31.2 Å². The summed E-state index contributed by atoms with van der Waals surface area (Å²) in [6, 6.07) is 11.8. The van der Waals surface area contributed by atoms with Crippen LogP contribution in [0.25, 0.3) is 10.9 Å². The Morgan fingerprint density at radius 3 is 2.57 bits per heavy atom. The number of benzene rings is 2. The summed E-state index contributed by atoms with van der Waals surface area (Å²) in [5, 5.41) is 1.03. The summed E-state index contributed by atoms with van der Waals surface area (Å²) < 4.78 is 33.2. The predicted molar refractivity (Wildman–Crippen MR) is 117 cm³/mol. The van der Waals surface area contributed by atoms with Crippen molar-refractivity contribution in [1.29, 1.82) is 0 Å². The van der Waals surface area contributed by atoms with Crippen molar-refractivity contribution in [3.63, 3.8) is 0 Å². The summed E-state index contributed by atoms with van der Waals surface area (Å²) in [5.41, 5.74) is 12.3. The number of nitrogen functional groups attached to an aromatic ring is 2. The molecule has 1 fully saturated rings. The molecule has 1 aliphatic heterocycles. The standard InChI is InChI=1S/C20H22ClN5O3S/c21-14-3-1-4-15(11-14)30(27,28)26-9-7-13(8-10-26)12-29-17-6-2-5-16-18(17)19(22)25-20(23)24-16/h1-6,11,13H,7-10,12H2,(H4,22,23,24,25). The molecule has 0 unspecified atom stereocenters. The fourth-order valence-electron chi connectivity index (χ4n) is 3.62. The van der Waals surface area contributed by atoms with Gasteiger partial charge in [-0.2, -0.15) is 9.29 Å². The SMILES string of the molecule is Nc1nc(N)c2c(OCC3CCN(S(=O)(=O)c4cccc(Cl)c4)CC3)cccc2n1. The Hall–Kier alpha value is -2.62. The van der Waals surface area contributed by atoms with E-state index in [1.54, 1.807) is 24.3 Å². The van der Waals surface area contributed by atoms with E-state index in [4.69, 9.17) is 27.8 Å². The summed E-state index contributed by atoms with van der Waals surface area (Å²) in [6.45, 7) is 1.31. The van der Waals surface area contributed by atoms with Gasteiger partial charge < -0.3 is 16.2 Å². The van der Waals surface area contributed by atoms with Crippen LogP contribution in [0.15, 0.2) is 47.4 Å². The third-order valence-corrected chi connectivity index (χ3v) is 7.34. The van der Waals surface area contributed by atoms with Crippen LogP contribution in [0.5, 0.6) is 5.75 Å². The van der Waals surface area contributed by atoms with E-state index in [0.717, 1.165) is 0 Å². The van der Waals surface area contributed by atoms with E-state index in [0.29, 0.717) is 54.2 Å². The second-order valence-corrected chi connectivity index (χ2v) is 9.61. The van der Waals surface area contributed by atoms with Crippen molar-refractivity contribution in [1.82, 2.24) is 14.3 Å². The third kappa shape index (κ3) is 4.14. The number of aromatic nitrogens is 2. The Kier molecular flexibility index (Phi) is 5.68. The van der Waals surface area contributed by atoms with Gasteiger partial charge in [0.2, 0.25) is 16.0 Å². The van der Waals surface area contributed by atoms with Gasteiger partial charge in [0, 0.05) is 18.1 Å². The maximum atomic E-state index is 12.8. The lowest BCUT2D eigenvalue weighted by Crippen LogP contribution is -2.39. The van der Waals surface area contributed by atoms with E-state index in [1.807, 2.05) is 12.1 Å². The van der Waals surface area contributed by atoms with Crippen LogP contribution >= 0.6 is 11.6 Å². The second-order valence-electron chi connectivity index (χ2n) is 7.23. The number of anilines is 2. The highest BCUT2D eigenvalue weighted by Crippen LogP contribution is 2.31. The molecule has 8 nitrogen and oxygen atoms in total. The molecule has 0 amide bonds. The summed E-state index contributed by atoms with van der Waals surface area (Å²) in [7, 11) is -3.55. The fourth-order valence-corrected chi connectivity index (χ4v) is 5.39. The lowest BCUT2D eigenvalue weighted by atomic mass is 9.99. The van der Waals surface area contributed by atoms with Crippen molar-refractivity contribution >= 4 is 44.3 Å². The number of rotatable bonds is 5. The van der Waals surface area contributed by atoms with Crippen LogP contribution in [0.4, 0.5) is 11.8 Å².